The van der Waals surface area contributed by atoms with E-state index in [4.69, 9.17) is 0 Å². The zero-order chi connectivity index (χ0) is 12.6. The van der Waals surface area contributed by atoms with Gasteiger partial charge in [-0.15, -0.1) is 0 Å². The van der Waals surface area contributed by atoms with E-state index in [-0.39, 0.29) is 23.7 Å². The molecule has 17 heavy (non-hydrogen) atoms. The van der Waals surface area contributed by atoms with Gasteiger partial charge < -0.3 is 10.0 Å². The van der Waals surface area contributed by atoms with E-state index >= 15 is 0 Å². The molecule has 0 aromatic carbocycles. The summed E-state index contributed by atoms with van der Waals surface area (Å²) >= 11 is 0. The quantitative estimate of drug-likeness (QED) is 0.751. The Balaban J connectivity index is 2.22. The third kappa shape index (κ3) is 1.85. The van der Waals surface area contributed by atoms with E-state index in [0.29, 0.717) is 13.1 Å². The van der Waals surface area contributed by atoms with Gasteiger partial charge in [0.05, 0.1) is 11.8 Å². The van der Waals surface area contributed by atoms with Gasteiger partial charge >= 0.3 is 5.97 Å². The molecule has 1 fully saturated rings. The Kier molecular flexibility index (Phi) is 3.22. The van der Waals surface area contributed by atoms with Gasteiger partial charge in [0.25, 0.3) is 0 Å². The van der Waals surface area contributed by atoms with Gasteiger partial charge in [-0.25, -0.2) is 0 Å². The summed E-state index contributed by atoms with van der Waals surface area (Å²) in [4.78, 5) is 25.4. The first-order chi connectivity index (χ1) is 8.10. The normalized spacial score (nSPS) is 34.0. The molecule has 4 nitrogen and oxygen atoms in total. The SMILES string of the molecule is CCN(CC)C(=O)C1C2C=CC(C2)C1C(=O)O. The van der Waals surface area contributed by atoms with E-state index < -0.39 is 11.9 Å². The molecule has 2 aliphatic rings. The largest absolute Gasteiger partial charge is 0.481 e. The first-order valence-corrected chi connectivity index (χ1v) is 6.30. The molecule has 4 heteroatoms. The summed E-state index contributed by atoms with van der Waals surface area (Å²) in [7, 11) is 0. The smallest absolute Gasteiger partial charge is 0.307 e. The number of rotatable bonds is 4. The molecule has 0 aromatic rings. The van der Waals surface area contributed by atoms with Crippen LogP contribution < -0.4 is 0 Å². The molecule has 1 amide bonds. The number of nitrogens with zero attached hydrogens (tertiary/aromatic N) is 1. The molecule has 94 valence electrons. The van der Waals surface area contributed by atoms with Gasteiger partial charge in [0.1, 0.15) is 0 Å². The summed E-state index contributed by atoms with van der Waals surface area (Å²) in [5, 5.41) is 9.28. The van der Waals surface area contributed by atoms with Crippen molar-refractivity contribution >= 4 is 11.9 Å². The minimum Gasteiger partial charge on any atom is -0.481 e. The monoisotopic (exact) mass is 237 g/mol. The van der Waals surface area contributed by atoms with Gasteiger partial charge in [0.2, 0.25) is 5.91 Å². The van der Waals surface area contributed by atoms with E-state index in [1.807, 2.05) is 26.0 Å². The number of fused-ring (bicyclic) bond motifs is 2. The minimum absolute atomic E-state index is 0.0132. The Morgan fingerprint density at radius 3 is 2.18 bits per heavy atom. The van der Waals surface area contributed by atoms with Crippen molar-refractivity contribution in [3.63, 3.8) is 0 Å². The molecular formula is C13H19NO3. The van der Waals surface area contributed by atoms with Crippen molar-refractivity contribution in [3.05, 3.63) is 12.2 Å². The van der Waals surface area contributed by atoms with E-state index in [9.17, 15) is 14.7 Å². The highest BCUT2D eigenvalue weighted by Gasteiger charge is 2.52. The standard InChI is InChI=1S/C13H19NO3/c1-3-14(4-2)12(15)10-8-5-6-9(7-8)11(10)13(16)17/h5-6,8-11H,3-4,7H2,1-2H3,(H,16,17). The molecule has 2 bridgehead atoms. The number of carboxylic acid groups (broad SMARTS) is 1. The van der Waals surface area contributed by atoms with E-state index in [1.165, 1.54) is 0 Å². The summed E-state index contributed by atoms with van der Waals surface area (Å²) in [5.74, 6) is -1.48. The van der Waals surface area contributed by atoms with Crippen molar-refractivity contribution < 1.29 is 14.7 Å². The van der Waals surface area contributed by atoms with E-state index in [0.717, 1.165) is 6.42 Å². The van der Waals surface area contributed by atoms with Gasteiger partial charge in [-0.2, -0.15) is 0 Å². The first kappa shape index (κ1) is 12.1. The molecule has 1 saturated carbocycles. The molecule has 0 aliphatic heterocycles. The molecule has 0 aromatic heterocycles. The second kappa shape index (κ2) is 4.51. The van der Waals surface area contributed by atoms with Crippen LogP contribution in [0.3, 0.4) is 0 Å². The van der Waals surface area contributed by atoms with Crippen LogP contribution in [0.2, 0.25) is 0 Å². The molecule has 4 atom stereocenters. The Morgan fingerprint density at radius 2 is 1.71 bits per heavy atom. The summed E-state index contributed by atoms with van der Waals surface area (Å²) < 4.78 is 0. The second-order valence-corrected chi connectivity index (χ2v) is 4.85. The zero-order valence-electron chi connectivity index (χ0n) is 10.3. The molecule has 0 heterocycles. The van der Waals surface area contributed by atoms with Gasteiger partial charge in [0, 0.05) is 13.1 Å². The van der Waals surface area contributed by atoms with Gasteiger partial charge in [-0.1, -0.05) is 12.2 Å². The highest BCUT2D eigenvalue weighted by molar-refractivity contribution is 5.86. The maximum Gasteiger partial charge on any atom is 0.307 e. The first-order valence-electron chi connectivity index (χ1n) is 6.30. The highest BCUT2D eigenvalue weighted by atomic mass is 16.4. The van der Waals surface area contributed by atoms with Crippen LogP contribution in [0.1, 0.15) is 20.3 Å². The molecule has 0 saturated heterocycles. The van der Waals surface area contributed by atoms with Gasteiger partial charge in [-0.3, -0.25) is 9.59 Å². The van der Waals surface area contributed by atoms with Crippen LogP contribution in [-0.4, -0.2) is 35.0 Å². The van der Waals surface area contributed by atoms with E-state index in [1.54, 1.807) is 4.90 Å². The average Bonchev–Trinajstić information content (AvgIpc) is 2.89. The molecule has 2 rings (SSSR count). The molecule has 0 radical (unpaired) electrons. The number of hydrogen-bond acceptors (Lipinski definition) is 2. The number of amides is 1. The Labute approximate surface area is 101 Å². The van der Waals surface area contributed by atoms with Crippen molar-refractivity contribution in [1.82, 2.24) is 4.90 Å². The van der Waals surface area contributed by atoms with Crippen molar-refractivity contribution in [3.8, 4) is 0 Å². The van der Waals surface area contributed by atoms with Crippen LogP contribution in [-0.2, 0) is 9.59 Å². The fraction of sp³-hybridized carbons (Fsp3) is 0.692. The topological polar surface area (TPSA) is 57.6 Å². The zero-order valence-corrected chi connectivity index (χ0v) is 10.3. The number of carbonyl (C=O) groups is 2. The maximum atomic E-state index is 12.3. The average molecular weight is 237 g/mol. The summed E-state index contributed by atoms with van der Waals surface area (Å²) in [6, 6.07) is 0. The van der Waals surface area contributed by atoms with Gasteiger partial charge in [0.15, 0.2) is 0 Å². The summed E-state index contributed by atoms with van der Waals surface area (Å²) in [6.45, 7) is 5.17. The van der Waals surface area contributed by atoms with Crippen LogP contribution in [0.5, 0.6) is 0 Å². The Morgan fingerprint density at radius 1 is 1.18 bits per heavy atom. The molecule has 4 unspecified atom stereocenters. The number of aliphatic carboxylic acids is 1. The molecular weight excluding hydrogens is 218 g/mol. The van der Waals surface area contributed by atoms with Gasteiger partial charge in [-0.05, 0) is 32.1 Å². The number of allylic oxidation sites excluding steroid dienone is 2. The van der Waals surface area contributed by atoms with Crippen LogP contribution in [0.15, 0.2) is 12.2 Å². The highest BCUT2D eigenvalue weighted by Crippen LogP contribution is 2.48. The third-order valence-corrected chi connectivity index (χ3v) is 4.10. The van der Waals surface area contributed by atoms with Crippen molar-refractivity contribution in [2.24, 2.45) is 23.7 Å². The fourth-order valence-electron chi connectivity index (χ4n) is 3.24. The van der Waals surface area contributed by atoms with Crippen molar-refractivity contribution in [2.45, 2.75) is 20.3 Å². The minimum atomic E-state index is -0.827. The predicted octanol–water partition coefficient (Wildman–Crippen LogP) is 1.38. The maximum absolute atomic E-state index is 12.3. The fourth-order valence-corrected chi connectivity index (χ4v) is 3.24. The molecule has 1 N–H and O–H groups in total. The lowest BCUT2D eigenvalue weighted by molar-refractivity contribution is -0.150. The molecule has 2 aliphatic carbocycles. The van der Waals surface area contributed by atoms with E-state index in [2.05, 4.69) is 0 Å². The van der Waals surface area contributed by atoms with Crippen LogP contribution in [0.25, 0.3) is 0 Å². The Bertz CT molecular complexity index is 360. The Hall–Kier alpha value is -1.32. The predicted molar refractivity (Wildman–Crippen MR) is 63.3 cm³/mol. The number of carbonyl (C=O) groups excluding carboxylic acids is 1. The lowest BCUT2D eigenvalue weighted by Crippen LogP contribution is -2.42. The van der Waals surface area contributed by atoms with Crippen LogP contribution >= 0.6 is 0 Å². The van der Waals surface area contributed by atoms with Crippen molar-refractivity contribution in [1.29, 1.82) is 0 Å². The third-order valence-electron chi connectivity index (χ3n) is 4.10. The van der Waals surface area contributed by atoms with Crippen LogP contribution in [0, 0.1) is 23.7 Å². The number of carboxylic acids is 1. The summed E-state index contributed by atoms with van der Waals surface area (Å²) in [6.07, 6.45) is 4.82. The second-order valence-electron chi connectivity index (χ2n) is 4.85. The lowest BCUT2D eigenvalue weighted by atomic mass is 9.82. The molecule has 0 spiro atoms. The van der Waals surface area contributed by atoms with Crippen LogP contribution in [0.4, 0.5) is 0 Å². The number of hydrogen-bond donors (Lipinski definition) is 1. The van der Waals surface area contributed by atoms with Crippen molar-refractivity contribution in [2.75, 3.05) is 13.1 Å². The summed E-state index contributed by atoms with van der Waals surface area (Å²) in [5.41, 5.74) is 0. The lowest BCUT2D eigenvalue weighted by Gasteiger charge is -2.29.